The van der Waals surface area contributed by atoms with Crippen molar-refractivity contribution >= 4 is 5.82 Å². The van der Waals surface area contributed by atoms with E-state index in [-0.39, 0.29) is 0 Å². The molecule has 1 saturated heterocycles. The Morgan fingerprint density at radius 1 is 1.40 bits per heavy atom. The van der Waals surface area contributed by atoms with E-state index in [1.807, 2.05) is 25.2 Å². The average Bonchev–Trinajstić information content (AvgIpc) is 2.65. The van der Waals surface area contributed by atoms with E-state index in [1.165, 1.54) is 24.9 Å². The van der Waals surface area contributed by atoms with Crippen LogP contribution in [0.3, 0.4) is 0 Å². The maximum Gasteiger partial charge on any atom is 0.127 e. The molecule has 2 heterocycles. The highest BCUT2D eigenvalue weighted by molar-refractivity contribution is 5.37. The van der Waals surface area contributed by atoms with Crippen LogP contribution in [0.5, 0.6) is 0 Å². The number of hydrogen-bond donors (Lipinski definition) is 0. The summed E-state index contributed by atoms with van der Waals surface area (Å²) in [5.41, 5.74) is 1.35. The number of hydrogen-bond acceptors (Lipinski definition) is 3. The van der Waals surface area contributed by atoms with Gasteiger partial charge in [0.05, 0.1) is 0 Å². The molecule has 2 rings (SSSR count). The lowest BCUT2D eigenvalue weighted by atomic mass is 10.1. The fraction of sp³-hybridized carbons (Fsp3) is 0.583. The zero-order valence-electron chi connectivity index (χ0n) is 9.77. The number of aromatic nitrogens is 1. The second-order valence-electron chi connectivity index (χ2n) is 4.48. The molecule has 0 N–H and O–H groups in total. The fourth-order valence-corrected chi connectivity index (χ4v) is 2.19. The van der Waals surface area contributed by atoms with E-state index in [2.05, 4.69) is 29.1 Å². The molecule has 0 bridgehead atoms. The van der Waals surface area contributed by atoms with E-state index >= 15 is 0 Å². The predicted octanol–water partition coefficient (Wildman–Crippen LogP) is 1.91. The van der Waals surface area contributed by atoms with E-state index in [0.29, 0.717) is 6.04 Å². The lowest BCUT2D eigenvalue weighted by Crippen LogP contribution is -2.18. The average molecular weight is 205 g/mol. The molecule has 1 fully saturated rings. The van der Waals surface area contributed by atoms with Gasteiger partial charge < -0.3 is 4.90 Å². The quantitative estimate of drug-likeness (QED) is 0.735. The standard InChI is InChI=1S/C12H19N3/c1-14(2)12-7-6-10(9-13-12)11-5-4-8-15(11)3/h6-7,9,11H,4-5,8H2,1-3H3/t11-/m1/s1. The topological polar surface area (TPSA) is 19.4 Å². The monoisotopic (exact) mass is 205 g/mol. The van der Waals surface area contributed by atoms with Crippen LogP contribution in [0.25, 0.3) is 0 Å². The Morgan fingerprint density at radius 2 is 2.20 bits per heavy atom. The van der Waals surface area contributed by atoms with Crippen LogP contribution in [-0.4, -0.2) is 37.6 Å². The molecule has 0 aliphatic carbocycles. The summed E-state index contributed by atoms with van der Waals surface area (Å²) in [5, 5.41) is 0. The molecule has 3 nitrogen and oxygen atoms in total. The molecular formula is C12H19N3. The molecule has 1 aromatic heterocycles. The Bertz CT molecular complexity index is 318. The molecule has 1 aromatic rings. The molecule has 82 valence electrons. The maximum absolute atomic E-state index is 4.46. The zero-order chi connectivity index (χ0) is 10.8. The van der Waals surface area contributed by atoms with Crippen LogP contribution < -0.4 is 4.90 Å². The summed E-state index contributed by atoms with van der Waals surface area (Å²) in [6.07, 6.45) is 4.58. The first kappa shape index (κ1) is 10.4. The van der Waals surface area contributed by atoms with Gasteiger partial charge in [-0.3, -0.25) is 4.90 Å². The summed E-state index contributed by atoms with van der Waals surface area (Å²) in [4.78, 5) is 8.90. The minimum atomic E-state index is 0.578. The van der Waals surface area contributed by atoms with Gasteiger partial charge in [0, 0.05) is 26.3 Å². The second-order valence-corrected chi connectivity index (χ2v) is 4.48. The summed E-state index contributed by atoms with van der Waals surface area (Å²) in [7, 11) is 6.23. The van der Waals surface area contributed by atoms with Gasteiger partial charge in [-0.25, -0.2) is 4.98 Å². The molecule has 0 spiro atoms. The SMILES string of the molecule is CN(C)c1ccc([C@H]2CCCN2C)cn1. The lowest BCUT2D eigenvalue weighted by Gasteiger charge is -2.20. The number of likely N-dealkylation sites (tertiary alicyclic amines) is 1. The van der Waals surface area contributed by atoms with Crippen LogP contribution in [0.4, 0.5) is 5.82 Å². The van der Waals surface area contributed by atoms with Crippen LogP contribution in [0.1, 0.15) is 24.4 Å². The molecular weight excluding hydrogens is 186 g/mol. The zero-order valence-corrected chi connectivity index (χ0v) is 9.77. The molecule has 1 aliphatic heterocycles. The molecule has 0 amide bonds. The minimum Gasteiger partial charge on any atom is -0.363 e. The van der Waals surface area contributed by atoms with E-state index in [0.717, 1.165) is 5.82 Å². The van der Waals surface area contributed by atoms with Crippen molar-refractivity contribution in [1.82, 2.24) is 9.88 Å². The van der Waals surface area contributed by atoms with E-state index < -0.39 is 0 Å². The Balaban J connectivity index is 2.16. The maximum atomic E-state index is 4.46. The Kier molecular flexibility index (Phi) is 2.91. The highest BCUT2D eigenvalue weighted by Crippen LogP contribution is 2.30. The van der Waals surface area contributed by atoms with Gasteiger partial charge in [-0.15, -0.1) is 0 Å². The van der Waals surface area contributed by atoms with Crippen molar-refractivity contribution in [3.63, 3.8) is 0 Å². The summed E-state index contributed by atoms with van der Waals surface area (Å²) in [5.74, 6) is 1.03. The van der Waals surface area contributed by atoms with Gasteiger partial charge in [-0.1, -0.05) is 6.07 Å². The molecule has 0 aromatic carbocycles. The number of pyridine rings is 1. The van der Waals surface area contributed by atoms with Crippen molar-refractivity contribution in [2.75, 3.05) is 32.6 Å². The van der Waals surface area contributed by atoms with Gasteiger partial charge in [0.1, 0.15) is 5.82 Å². The first-order valence-electron chi connectivity index (χ1n) is 5.52. The third-order valence-electron chi connectivity index (χ3n) is 3.13. The summed E-state index contributed by atoms with van der Waals surface area (Å²) < 4.78 is 0. The second kappa shape index (κ2) is 4.19. The highest BCUT2D eigenvalue weighted by Gasteiger charge is 2.22. The smallest absolute Gasteiger partial charge is 0.127 e. The van der Waals surface area contributed by atoms with Crippen LogP contribution in [-0.2, 0) is 0 Å². The van der Waals surface area contributed by atoms with Gasteiger partial charge in [0.2, 0.25) is 0 Å². The molecule has 0 saturated carbocycles. The fourth-order valence-electron chi connectivity index (χ4n) is 2.19. The Hall–Kier alpha value is -1.09. The largest absolute Gasteiger partial charge is 0.363 e. The van der Waals surface area contributed by atoms with E-state index in [4.69, 9.17) is 0 Å². The number of rotatable bonds is 2. The van der Waals surface area contributed by atoms with Gasteiger partial charge in [-0.2, -0.15) is 0 Å². The van der Waals surface area contributed by atoms with E-state index in [1.54, 1.807) is 0 Å². The Labute approximate surface area is 91.7 Å². The van der Waals surface area contributed by atoms with Gasteiger partial charge in [0.25, 0.3) is 0 Å². The number of anilines is 1. The summed E-state index contributed by atoms with van der Waals surface area (Å²) in [6.45, 7) is 1.21. The van der Waals surface area contributed by atoms with Crippen LogP contribution in [0, 0.1) is 0 Å². The minimum absolute atomic E-state index is 0.578. The third kappa shape index (κ3) is 2.12. The highest BCUT2D eigenvalue weighted by atomic mass is 15.2. The van der Waals surface area contributed by atoms with Crippen LogP contribution in [0.15, 0.2) is 18.3 Å². The molecule has 3 heteroatoms. The van der Waals surface area contributed by atoms with Crippen molar-refractivity contribution in [2.45, 2.75) is 18.9 Å². The first-order valence-corrected chi connectivity index (χ1v) is 5.52. The third-order valence-corrected chi connectivity index (χ3v) is 3.13. The van der Waals surface area contributed by atoms with E-state index in [9.17, 15) is 0 Å². The van der Waals surface area contributed by atoms with Crippen molar-refractivity contribution < 1.29 is 0 Å². The van der Waals surface area contributed by atoms with Crippen molar-refractivity contribution in [2.24, 2.45) is 0 Å². The van der Waals surface area contributed by atoms with Gasteiger partial charge >= 0.3 is 0 Å². The summed E-state index contributed by atoms with van der Waals surface area (Å²) >= 11 is 0. The summed E-state index contributed by atoms with van der Waals surface area (Å²) in [6, 6.07) is 4.88. The van der Waals surface area contributed by atoms with Gasteiger partial charge in [0.15, 0.2) is 0 Å². The van der Waals surface area contributed by atoms with Crippen molar-refractivity contribution in [1.29, 1.82) is 0 Å². The lowest BCUT2D eigenvalue weighted by molar-refractivity contribution is 0.317. The van der Waals surface area contributed by atoms with Gasteiger partial charge in [-0.05, 0) is 38.1 Å². The first-order chi connectivity index (χ1) is 7.18. The predicted molar refractivity (Wildman–Crippen MR) is 63.2 cm³/mol. The van der Waals surface area contributed by atoms with Crippen molar-refractivity contribution in [3.8, 4) is 0 Å². The molecule has 15 heavy (non-hydrogen) atoms. The molecule has 1 atom stereocenters. The molecule has 1 aliphatic rings. The molecule has 0 unspecified atom stereocenters. The number of nitrogens with zero attached hydrogens (tertiary/aromatic N) is 3. The molecule has 0 radical (unpaired) electrons. The normalized spacial score (nSPS) is 21.9. The Morgan fingerprint density at radius 3 is 2.67 bits per heavy atom. The van der Waals surface area contributed by atoms with Crippen LogP contribution >= 0.6 is 0 Å². The van der Waals surface area contributed by atoms with Crippen molar-refractivity contribution in [3.05, 3.63) is 23.9 Å². The van der Waals surface area contributed by atoms with Crippen LogP contribution in [0.2, 0.25) is 0 Å².